The first-order valence-electron chi connectivity index (χ1n) is 9.29. The number of amides is 2. The quantitative estimate of drug-likeness (QED) is 0.561. The molecule has 0 unspecified atom stereocenters. The van der Waals surface area contributed by atoms with E-state index in [1.54, 1.807) is 24.3 Å². The summed E-state index contributed by atoms with van der Waals surface area (Å²) in [6, 6.07) is 17.6. The minimum absolute atomic E-state index is 0.0146. The van der Waals surface area contributed by atoms with Gasteiger partial charge in [0.05, 0.1) is 5.56 Å². The lowest BCUT2D eigenvalue weighted by atomic mass is 10.1. The fourth-order valence-corrected chi connectivity index (χ4v) is 2.70. The van der Waals surface area contributed by atoms with Gasteiger partial charge in [0.2, 0.25) is 0 Å². The Kier molecular flexibility index (Phi) is 6.59. The van der Waals surface area contributed by atoms with Crippen LogP contribution in [0.4, 0.5) is 24.5 Å². The van der Waals surface area contributed by atoms with Gasteiger partial charge in [0.1, 0.15) is 5.75 Å². The molecular formula is C23H19F3N2O3. The predicted octanol–water partition coefficient (Wildman–Crippen LogP) is 5.28. The van der Waals surface area contributed by atoms with E-state index in [2.05, 4.69) is 10.6 Å². The zero-order valence-corrected chi connectivity index (χ0v) is 16.5. The van der Waals surface area contributed by atoms with Crippen molar-refractivity contribution >= 4 is 23.2 Å². The molecule has 0 atom stereocenters. The monoisotopic (exact) mass is 428 g/mol. The van der Waals surface area contributed by atoms with Crippen LogP contribution >= 0.6 is 0 Å². The highest BCUT2D eigenvalue weighted by molar-refractivity contribution is 6.05. The van der Waals surface area contributed by atoms with Gasteiger partial charge in [0.15, 0.2) is 6.61 Å². The Hall–Kier alpha value is -3.81. The van der Waals surface area contributed by atoms with Crippen LogP contribution in [0.25, 0.3) is 0 Å². The first-order chi connectivity index (χ1) is 14.7. The van der Waals surface area contributed by atoms with Crippen molar-refractivity contribution in [3.63, 3.8) is 0 Å². The molecule has 31 heavy (non-hydrogen) atoms. The van der Waals surface area contributed by atoms with Crippen LogP contribution in [0.1, 0.15) is 21.5 Å². The van der Waals surface area contributed by atoms with Gasteiger partial charge >= 0.3 is 6.18 Å². The molecule has 0 radical (unpaired) electrons. The maximum Gasteiger partial charge on any atom is 0.416 e. The Morgan fingerprint density at radius 1 is 0.871 bits per heavy atom. The number of alkyl halides is 3. The molecule has 2 N–H and O–H groups in total. The van der Waals surface area contributed by atoms with Crippen LogP contribution in [-0.4, -0.2) is 18.4 Å². The van der Waals surface area contributed by atoms with Gasteiger partial charge in [0, 0.05) is 16.9 Å². The van der Waals surface area contributed by atoms with Gasteiger partial charge in [-0.2, -0.15) is 13.2 Å². The molecule has 3 aromatic rings. The number of halogens is 3. The number of carbonyl (C=O) groups excluding carboxylic acids is 2. The summed E-state index contributed by atoms with van der Waals surface area (Å²) in [4.78, 5) is 24.5. The van der Waals surface area contributed by atoms with E-state index in [9.17, 15) is 22.8 Å². The SMILES string of the molecule is Cc1ccc(OCC(=O)Nc2cccc(C(=O)Nc3cccc(C(F)(F)F)c3)c2)cc1. The van der Waals surface area contributed by atoms with Crippen molar-refractivity contribution in [3.05, 3.63) is 89.5 Å². The highest BCUT2D eigenvalue weighted by Crippen LogP contribution is 2.30. The summed E-state index contributed by atoms with van der Waals surface area (Å²) in [6.07, 6.45) is -4.51. The first kappa shape index (κ1) is 21.9. The van der Waals surface area contributed by atoms with Crippen LogP contribution < -0.4 is 15.4 Å². The molecule has 0 spiro atoms. The van der Waals surface area contributed by atoms with Gasteiger partial charge in [-0.05, 0) is 55.5 Å². The maximum absolute atomic E-state index is 12.8. The number of benzene rings is 3. The predicted molar refractivity (Wildman–Crippen MR) is 111 cm³/mol. The lowest BCUT2D eigenvalue weighted by Gasteiger charge is -2.11. The van der Waals surface area contributed by atoms with Crippen LogP contribution in [0.2, 0.25) is 0 Å². The first-order valence-corrected chi connectivity index (χ1v) is 9.29. The zero-order chi connectivity index (χ0) is 22.4. The minimum Gasteiger partial charge on any atom is -0.484 e. The summed E-state index contributed by atoms with van der Waals surface area (Å²) >= 11 is 0. The van der Waals surface area contributed by atoms with E-state index in [0.717, 1.165) is 17.7 Å². The molecule has 0 bridgehead atoms. The van der Waals surface area contributed by atoms with E-state index >= 15 is 0 Å². The van der Waals surface area contributed by atoms with Crippen LogP contribution in [0.15, 0.2) is 72.8 Å². The molecule has 0 aliphatic carbocycles. The summed E-state index contributed by atoms with van der Waals surface area (Å²) < 4.78 is 43.9. The molecule has 0 aromatic heterocycles. The van der Waals surface area contributed by atoms with Gasteiger partial charge in [-0.3, -0.25) is 9.59 Å². The molecule has 0 aliphatic heterocycles. The van der Waals surface area contributed by atoms with E-state index in [-0.39, 0.29) is 17.9 Å². The molecule has 0 fully saturated rings. The van der Waals surface area contributed by atoms with Gasteiger partial charge in [-0.15, -0.1) is 0 Å². The van der Waals surface area contributed by atoms with E-state index in [0.29, 0.717) is 11.4 Å². The topological polar surface area (TPSA) is 67.4 Å². The standard InChI is InChI=1S/C23H19F3N2O3/c1-15-8-10-20(11-9-15)31-14-21(29)27-18-6-2-4-16(12-18)22(30)28-19-7-3-5-17(13-19)23(24,25)26/h2-13H,14H2,1H3,(H,27,29)(H,28,30). The van der Waals surface area contributed by atoms with Crippen molar-refractivity contribution in [1.82, 2.24) is 0 Å². The average Bonchev–Trinajstić information content (AvgIpc) is 2.73. The van der Waals surface area contributed by atoms with Crippen LogP contribution in [0.3, 0.4) is 0 Å². The molecule has 0 saturated heterocycles. The van der Waals surface area contributed by atoms with E-state index in [1.165, 1.54) is 24.3 Å². The third-order valence-electron chi connectivity index (χ3n) is 4.25. The molecule has 8 heteroatoms. The van der Waals surface area contributed by atoms with Gasteiger partial charge in [-0.25, -0.2) is 0 Å². The van der Waals surface area contributed by atoms with Crippen LogP contribution in [0.5, 0.6) is 5.75 Å². The maximum atomic E-state index is 12.8. The largest absolute Gasteiger partial charge is 0.484 e. The lowest BCUT2D eigenvalue weighted by Crippen LogP contribution is -2.20. The molecule has 2 amide bonds. The lowest BCUT2D eigenvalue weighted by molar-refractivity contribution is -0.137. The Morgan fingerprint density at radius 2 is 1.52 bits per heavy atom. The Morgan fingerprint density at radius 3 is 2.19 bits per heavy atom. The van der Waals surface area contributed by atoms with Crippen molar-refractivity contribution < 1.29 is 27.5 Å². The van der Waals surface area contributed by atoms with Crippen molar-refractivity contribution in [2.45, 2.75) is 13.1 Å². The number of hydrogen-bond acceptors (Lipinski definition) is 3. The van der Waals surface area contributed by atoms with Crippen molar-refractivity contribution in [2.75, 3.05) is 17.2 Å². The van der Waals surface area contributed by atoms with Crippen molar-refractivity contribution in [3.8, 4) is 5.75 Å². The number of ether oxygens (including phenoxy) is 1. The summed E-state index contributed by atoms with van der Waals surface area (Å²) in [5.41, 5.74) is 0.751. The highest BCUT2D eigenvalue weighted by Gasteiger charge is 2.30. The third-order valence-corrected chi connectivity index (χ3v) is 4.25. The Labute approximate surface area is 176 Å². The number of rotatable bonds is 6. The molecule has 3 aromatic carbocycles. The van der Waals surface area contributed by atoms with E-state index in [1.807, 2.05) is 19.1 Å². The van der Waals surface area contributed by atoms with Crippen molar-refractivity contribution in [2.24, 2.45) is 0 Å². The third kappa shape index (κ3) is 6.33. The second-order valence-electron chi connectivity index (χ2n) is 6.76. The normalized spacial score (nSPS) is 11.0. The molecule has 0 aliphatic rings. The smallest absolute Gasteiger partial charge is 0.416 e. The van der Waals surface area contributed by atoms with Gasteiger partial charge in [0.25, 0.3) is 11.8 Å². The summed E-state index contributed by atoms with van der Waals surface area (Å²) in [5, 5.41) is 5.05. The average molecular weight is 428 g/mol. The summed E-state index contributed by atoms with van der Waals surface area (Å²) in [7, 11) is 0. The summed E-state index contributed by atoms with van der Waals surface area (Å²) in [5.74, 6) is -0.475. The zero-order valence-electron chi connectivity index (χ0n) is 16.5. The number of anilines is 2. The van der Waals surface area contributed by atoms with Gasteiger partial charge < -0.3 is 15.4 Å². The van der Waals surface area contributed by atoms with E-state index in [4.69, 9.17) is 4.74 Å². The molecule has 3 rings (SSSR count). The second-order valence-corrected chi connectivity index (χ2v) is 6.76. The molecular weight excluding hydrogens is 409 g/mol. The Balaban J connectivity index is 1.61. The molecule has 160 valence electrons. The Bertz CT molecular complexity index is 1080. The number of hydrogen-bond donors (Lipinski definition) is 2. The number of nitrogens with one attached hydrogen (secondary N) is 2. The van der Waals surface area contributed by atoms with Crippen LogP contribution in [0, 0.1) is 6.92 Å². The summed E-state index contributed by atoms with van der Waals surface area (Å²) in [6.45, 7) is 1.72. The van der Waals surface area contributed by atoms with Crippen LogP contribution in [-0.2, 0) is 11.0 Å². The second kappa shape index (κ2) is 9.34. The molecule has 0 heterocycles. The van der Waals surface area contributed by atoms with Gasteiger partial charge in [-0.1, -0.05) is 29.8 Å². The minimum atomic E-state index is -4.51. The number of aryl methyl sites for hydroxylation is 1. The fourth-order valence-electron chi connectivity index (χ4n) is 2.70. The van der Waals surface area contributed by atoms with Crippen molar-refractivity contribution in [1.29, 1.82) is 0 Å². The highest BCUT2D eigenvalue weighted by atomic mass is 19.4. The number of carbonyl (C=O) groups is 2. The molecule has 0 saturated carbocycles. The fraction of sp³-hybridized carbons (Fsp3) is 0.130. The molecule has 5 nitrogen and oxygen atoms in total. The van der Waals surface area contributed by atoms with E-state index < -0.39 is 23.6 Å².